The van der Waals surface area contributed by atoms with E-state index in [0.717, 1.165) is 51.4 Å². The van der Waals surface area contributed by atoms with E-state index in [2.05, 4.69) is 36.3 Å². The molecule has 1 aliphatic heterocycles. The first-order valence-electron chi connectivity index (χ1n) is 7.47. The zero-order chi connectivity index (χ0) is 14.1. The van der Waals surface area contributed by atoms with E-state index in [1.807, 2.05) is 0 Å². The van der Waals surface area contributed by atoms with E-state index in [0.29, 0.717) is 5.92 Å². The molecule has 1 fully saturated rings. The Labute approximate surface area is 134 Å². The van der Waals surface area contributed by atoms with E-state index < -0.39 is 0 Å². The summed E-state index contributed by atoms with van der Waals surface area (Å²) in [7, 11) is 0. The lowest BCUT2D eigenvalue weighted by atomic mass is 10.1. The van der Waals surface area contributed by atoms with E-state index in [-0.39, 0.29) is 23.6 Å². The fourth-order valence-electron chi connectivity index (χ4n) is 2.30. The zero-order valence-corrected chi connectivity index (χ0v) is 14.6. The van der Waals surface area contributed by atoms with E-state index in [1.54, 1.807) is 11.8 Å². The van der Waals surface area contributed by atoms with Crippen LogP contribution in [0.4, 0.5) is 0 Å². The number of hydrogen-bond donors (Lipinski definition) is 2. The van der Waals surface area contributed by atoms with Crippen molar-refractivity contribution < 1.29 is 4.79 Å². The second-order valence-electron chi connectivity index (χ2n) is 5.36. The molecule has 4 nitrogen and oxygen atoms in total. The molecule has 0 aliphatic carbocycles. The largest absolute Gasteiger partial charge is 0.355 e. The van der Waals surface area contributed by atoms with Gasteiger partial charge in [0.15, 0.2) is 0 Å². The predicted octanol–water partition coefficient (Wildman–Crippen LogP) is 1.60. The van der Waals surface area contributed by atoms with Crippen molar-refractivity contribution in [3.05, 3.63) is 0 Å². The molecule has 6 heteroatoms. The molecule has 0 aromatic heterocycles. The Kier molecular flexibility index (Phi) is 11.7. The van der Waals surface area contributed by atoms with E-state index in [4.69, 9.17) is 0 Å². The SMILES string of the molecule is CCSC(C(=O)NCCCN1CCNCC1)C(C)C.Cl. The van der Waals surface area contributed by atoms with E-state index in [9.17, 15) is 4.79 Å². The lowest BCUT2D eigenvalue weighted by molar-refractivity contribution is -0.121. The van der Waals surface area contributed by atoms with Crippen LogP contribution in [0.2, 0.25) is 0 Å². The molecule has 1 atom stereocenters. The first-order chi connectivity index (χ1) is 9.15. The van der Waals surface area contributed by atoms with Crippen LogP contribution in [0, 0.1) is 5.92 Å². The number of nitrogens with one attached hydrogen (secondary N) is 2. The highest BCUT2D eigenvalue weighted by molar-refractivity contribution is 8.00. The van der Waals surface area contributed by atoms with Gasteiger partial charge in [-0.3, -0.25) is 4.79 Å². The smallest absolute Gasteiger partial charge is 0.233 e. The van der Waals surface area contributed by atoms with Crippen LogP contribution in [0.25, 0.3) is 0 Å². The van der Waals surface area contributed by atoms with Gasteiger partial charge in [0, 0.05) is 32.7 Å². The summed E-state index contributed by atoms with van der Waals surface area (Å²) in [6.45, 7) is 12.7. The van der Waals surface area contributed by atoms with Gasteiger partial charge in [-0.05, 0) is 24.6 Å². The fourth-order valence-corrected chi connectivity index (χ4v) is 3.28. The molecule has 2 N–H and O–H groups in total. The summed E-state index contributed by atoms with van der Waals surface area (Å²) >= 11 is 1.75. The van der Waals surface area contributed by atoms with Crippen molar-refractivity contribution in [1.29, 1.82) is 0 Å². The topological polar surface area (TPSA) is 44.4 Å². The third-order valence-corrected chi connectivity index (χ3v) is 4.82. The Morgan fingerprint density at radius 2 is 2.00 bits per heavy atom. The van der Waals surface area contributed by atoms with Crippen molar-refractivity contribution >= 4 is 30.1 Å². The van der Waals surface area contributed by atoms with Crippen LogP contribution < -0.4 is 10.6 Å². The standard InChI is InChI=1S/C14H29N3OS.ClH/c1-4-19-13(12(2)3)14(18)16-6-5-9-17-10-7-15-8-11-17;/h12-13,15H,4-11H2,1-3H3,(H,16,18);1H. The van der Waals surface area contributed by atoms with Gasteiger partial charge in [0.05, 0.1) is 5.25 Å². The Balaban J connectivity index is 0.00000361. The first kappa shape index (κ1) is 20.0. The van der Waals surface area contributed by atoms with Gasteiger partial charge >= 0.3 is 0 Å². The van der Waals surface area contributed by atoms with Crippen molar-refractivity contribution in [1.82, 2.24) is 15.5 Å². The second kappa shape index (κ2) is 11.7. The molecule has 0 radical (unpaired) electrons. The number of carbonyl (C=O) groups excluding carboxylic acids is 1. The van der Waals surface area contributed by atoms with Gasteiger partial charge in [-0.1, -0.05) is 20.8 Å². The molecule has 20 heavy (non-hydrogen) atoms. The van der Waals surface area contributed by atoms with Gasteiger partial charge in [0.25, 0.3) is 0 Å². The molecule has 0 saturated carbocycles. The third kappa shape index (κ3) is 7.72. The first-order valence-corrected chi connectivity index (χ1v) is 8.52. The Hall–Kier alpha value is 0.0300. The number of carbonyl (C=O) groups is 1. The molecule has 1 saturated heterocycles. The predicted molar refractivity (Wildman–Crippen MR) is 90.9 cm³/mol. The molecule has 0 aromatic rings. The summed E-state index contributed by atoms with van der Waals surface area (Å²) in [5.41, 5.74) is 0. The zero-order valence-electron chi connectivity index (χ0n) is 13.0. The minimum absolute atomic E-state index is 0. The molecule has 1 aliphatic rings. The van der Waals surface area contributed by atoms with Crippen molar-refractivity contribution in [2.75, 3.05) is 45.0 Å². The summed E-state index contributed by atoms with van der Waals surface area (Å²) in [5.74, 6) is 1.61. The summed E-state index contributed by atoms with van der Waals surface area (Å²) in [6.07, 6.45) is 1.05. The maximum atomic E-state index is 12.1. The molecule has 1 amide bonds. The molecule has 1 heterocycles. The molecule has 120 valence electrons. The normalized spacial score (nSPS) is 17.6. The van der Waals surface area contributed by atoms with Crippen molar-refractivity contribution in [2.24, 2.45) is 5.92 Å². The van der Waals surface area contributed by atoms with Crippen LogP contribution in [0.1, 0.15) is 27.2 Å². The highest BCUT2D eigenvalue weighted by atomic mass is 35.5. The van der Waals surface area contributed by atoms with Gasteiger partial charge < -0.3 is 15.5 Å². The van der Waals surface area contributed by atoms with Gasteiger partial charge in [-0.25, -0.2) is 0 Å². The number of amides is 1. The maximum Gasteiger partial charge on any atom is 0.233 e. The molecule has 0 aromatic carbocycles. The number of nitrogens with zero attached hydrogens (tertiary/aromatic N) is 1. The number of thioether (sulfide) groups is 1. The Morgan fingerprint density at radius 3 is 2.55 bits per heavy atom. The van der Waals surface area contributed by atoms with E-state index >= 15 is 0 Å². The maximum absolute atomic E-state index is 12.1. The van der Waals surface area contributed by atoms with Crippen LogP contribution in [-0.4, -0.2) is 61.1 Å². The van der Waals surface area contributed by atoms with Crippen LogP contribution in [0.3, 0.4) is 0 Å². The van der Waals surface area contributed by atoms with Crippen LogP contribution in [0.15, 0.2) is 0 Å². The highest BCUT2D eigenvalue weighted by Gasteiger charge is 2.21. The number of piperazine rings is 1. The Morgan fingerprint density at radius 1 is 1.35 bits per heavy atom. The molecule has 1 unspecified atom stereocenters. The third-order valence-electron chi connectivity index (χ3n) is 3.37. The lowest BCUT2D eigenvalue weighted by Crippen LogP contribution is -2.44. The van der Waals surface area contributed by atoms with Crippen molar-refractivity contribution in [3.63, 3.8) is 0 Å². The van der Waals surface area contributed by atoms with Crippen LogP contribution in [0.5, 0.6) is 0 Å². The quantitative estimate of drug-likeness (QED) is 0.666. The lowest BCUT2D eigenvalue weighted by Gasteiger charge is -2.27. The average molecular weight is 324 g/mol. The average Bonchev–Trinajstić information content (AvgIpc) is 2.41. The van der Waals surface area contributed by atoms with Gasteiger partial charge in [-0.2, -0.15) is 0 Å². The van der Waals surface area contributed by atoms with Gasteiger partial charge in [-0.15, -0.1) is 24.2 Å². The van der Waals surface area contributed by atoms with Crippen molar-refractivity contribution in [2.45, 2.75) is 32.4 Å². The summed E-state index contributed by atoms with van der Waals surface area (Å²) in [6, 6.07) is 0. The molecular formula is C14H30ClN3OS. The fraction of sp³-hybridized carbons (Fsp3) is 0.929. The monoisotopic (exact) mass is 323 g/mol. The summed E-state index contributed by atoms with van der Waals surface area (Å²) in [5, 5.41) is 6.54. The van der Waals surface area contributed by atoms with E-state index in [1.165, 1.54) is 0 Å². The number of hydrogen-bond acceptors (Lipinski definition) is 4. The van der Waals surface area contributed by atoms with Crippen LogP contribution >= 0.6 is 24.2 Å². The van der Waals surface area contributed by atoms with Gasteiger partial charge in [0.2, 0.25) is 5.91 Å². The highest BCUT2D eigenvalue weighted by Crippen LogP contribution is 2.19. The molecule has 1 rings (SSSR count). The molecule has 0 spiro atoms. The molecular weight excluding hydrogens is 294 g/mol. The molecule has 0 bridgehead atoms. The minimum atomic E-state index is 0. The Bertz CT molecular complexity index is 261. The second-order valence-corrected chi connectivity index (χ2v) is 6.77. The summed E-state index contributed by atoms with van der Waals surface area (Å²) in [4.78, 5) is 14.5. The van der Waals surface area contributed by atoms with Crippen LogP contribution in [-0.2, 0) is 4.79 Å². The van der Waals surface area contributed by atoms with Crippen molar-refractivity contribution in [3.8, 4) is 0 Å². The minimum Gasteiger partial charge on any atom is -0.355 e. The number of rotatable bonds is 8. The van der Waals surface area contributed by atoms with Gasteiger partial charge in [0.1, 0.15) is 0 Å². The summed E-state index contributed by atoms with van der Waals surface area (Å²) < 4.78 is 0. The number of halogens is 1.